The van der Waals surface area contributed by atoms with E-state index in [1.54, 1.807) is 23.0 Å². The van der Waals surface area contributed by atoms with E-state index in [4.69, 9.17) is 5.73 Å². The van der Waals surface area contributed by atoms with Gasteiger partial charge in [0.1, 0.15) is 0 Å². The second-order valence-corrected chi connectivity index (χ2v) is 3.68. The Morgan fingerprint density at radius 3 is 3.14 bits per heavy atom. The smallest absolute Gasteiger partial charge is 0.0905 e. The zero-order valence-electron chi connectivity index (χ0n) is 7.92. The molecule has 2 aromatic heterocycles. The van der Waals surface area contributed by atoms with Crippen molar-refractivity contribution in [3.63, 3.8) is 0 Å². The minimum absolute atomic E-state index is 0.163. The van der Waals surface area contributed by atoms with Gasteiger partial charge in [0.2, 0.25) is 0 Å². The van der Waals surface area contributed by atoms with Gasteiger partial charge in [-0.25, -0.2) is 4.98 Å². The van der Waals surface area contributed by atoms with Crippen molar-refractivity contribution in [3.8, 4) is 0 Å². The second-order valence-electron chi connectivity index (χ2n) is 2.96. The summed E-state index contributed by atoms with van der Waals surface area (Å²) in [6.07, 6.45) is 1.77. The van der Waals surface area contributed by atoms with Gasteiger partial charge < -0.3 is 5.73 Å². The quantitative estimate of drug-likeness (QED) is 0.829. The van der Waals surface area contributed by atoms with Crippen molar-refractivity contribution in [3.05, 3.63) is 34.5 Å². The molecule has 2 heterocycles. The van der Waals surface area contributed by atoms with Gasteiger partial charge in [-0.1, -0.05) is 0 Å². The van der Waals surface area contributed by atoms with E-state index in [1.165, 1.54) is 0 Å². The van der Waals surface area contributed by atoms with Crippen LogP contribution in [0.15, 0.2) is 23.2 Å². The normalized spacial score (nSPS) is 13.0. The Balaban J connectivity index is 2.31. The molecule has 0 aliphatic carbocycles. The van der Waals surface area contributed by atoms with E-state index < -0.39 is 0 Å². The standard InChI is InChI=1S/C9H12N4S/c1-2-13-8(3-4-12-13)9(10)7-5-14-6-11-7/h3-6,9H,2,10H2,1H3. The van der Waals surface area contributed by atoms with E-state index in [1.807, 2.05) is 23.1 Å². The zero-order chi connectivity index (χ0) is 9.97. The van der Waals surface area contributed by atoms with Crippen molar-refractivity contribution in [2.45, 2.75) is 19.5 Å². The fourth-order valence-corrected chi connectivity index (χ4v) is 1.99. The molecule has 0 aromatic carbocycles. The van der Waals surface area contributed by atoms with E-state index in [2.05, 4.69) is 10.1 Å². The predicted molar refractivity (Wildman–Crippen MR) is 56.0 cm³/mol. The van der Waals surface area contributed by atoms with Crippen molar-refractivity contribution in [1.29, 1.82) is 0 Å². The maximum Gasteiger partial charge on any atom is 0.0905 e. The van der Waals surface area contributed by atoms with Crippen molar-refractivity contribution < 1.29 is 0 Å². The van der Waals surface area contributed by atoms with Gasteiger partial charge >= 0.3 is 0 Å². The largest absolute Gasteiger partial charge is 0.318 e. The van der Waals surface area contributed by atoms with Crippen molar-refractivity contribution in [2.75, 3.05) is 0 Å². The fourth-order valence-electron chi connectivity index (χ4n) is 1.40. The highest BCUT2D eigenvalue weighted by molar-refractivity contribution is 7.07. The molecule has 1 atom stereocenters. The summed E-state index contributed by atoms with van der Waals surface area (Å²) in [4.78, 5) is 4.20. The molecule has 5 heteroatoms. The molecule has 0 saturated carbocycles. The first-order valence-corrected chi connectivity index (χ1v) is 5.42. The molecule has 0 aliphatic heterocycles. The van der Waals surface area contributed by atoms with Crippen LogP contribution in [0.25, 0.3) is 0 Å². The highest BCUT2D eigenvalue weighted by Crippen LogP contribution is 2.18. The number of nitrogens with zero attached hydrogens (tertiary/aromatic N) is 3. The monoisotopic (exact) mass is 208 g/mol. The molecule has 0 spiro atoms. The average Bonchev–Trinajstić information content (AvgIpc) is 2.87. The maximum atomic E-state index is 6.06. The van der Waals surface area contributed by atoms with Crippen LogP contribution < -0.4 is 5.73 Å². The molecule has 2 N–H and O–H groups in total. The van der Waals surface area contributed by atoms with Crippen LogP contribution in [0.2, 0.25) is 0 Å². The fraction of sp³-hybridized carbons (Fsp3) is 0.333. The van der Waals surface area contributed by atoms with Crippen LogP contribution in [-0.4, -0.2) is 14.8 Å². The molecule has 0 fully saturated rings. The summed E-state index contributed by atoms with van der Waals surface area (Å²) in [6.45, 7) is 2.88. The Bertz CT molecular complexity index is 393. The van der Waals surface area contributed by atoms with Gasteiger partial charge in [-0.15, -0.1) is 11.3 Å². The summed E-state index contributed by atoms with van der Waals surface area (Å²) in [5.74, 6) is 0. The lowest BCUT2D eigenvalue weighted by Gasteiger charge is -2.10. The second kappa shape index (κ2) is 3.89. The summed E-state index contributed by atoms with van der Waals surface area (Å²) >= 11 is 1.56. The van der Waals surface area contributed by atoms with Crippen molar-refractivity contribution in [2.24, 2.45) is 5.73 Å². The number of aromatic nitrogens is 3. The third-order valence-electron chi connectivity index (χ3n) is 2.14. The highest BCUT2D eigenvalue weighted by atomic mass is 32.1. The van der Waals surface area contributed by atoms with Crippen molar-refractivity contribution in [1.82, 2.24) is 14.8 Å². The van der Waals surface area contributed by atoms with Crippen molar-refractivity contribution >= 4 is 11.3 Å². The Hall–Kier alpha value is -1.20. The van der Waals surface area contributed by atoms with Crippen LogP contribution in [-0.2, 0) is 6.54 Å². The van der Waals surface area contributed by atoms with Gasteiger partial charge in [0.05, 0.1) is 22.9 Å². The third kappa shape index (κ3) is 1.56. The zero-order valence-corrected chi connectivity index (χ0v) is 8.74. The minimum Gasteiger partial charge on any atom is -0.318 e. The molecule has 74 valence electrons. The average molecular weight is 208 g/mol. The molecule has 1 unspecified atom stereocenters. The number of hydrogen-bond acceptors (Lipinski definition) is 4. The Morgan fingerprint density at radius 1 is 1.64 bits per heavy atom. The molecule has 14 heavy (non-hydrogen) atoms. The van der Waals surface area contributed by atoms with Crippen LogP contribution >= 0.6 is 11.3 Å². The van der Waals surface area contributed by atoms with Gasteiger partial charge in [-0.3, -0.25) is 4.68 Å². The number of aryl methyl sites for hydroxylation is 1. The SMILES string of the molecule is CCn1nccc1C(N)c1cscn1. The van der Waals surface area contributed by atoms with Gasteiger partial charge in [-0.05, 0) is 13.0 Å². The summed E-state index contributed by atoms with van der Waals surface area (Å²) in [5.41, 5.74) is 9.78. The molecule has 0 amide bonds. The molecule has 0 bridgehead atoms. The molecule has 0 saturated heterocycles. The lowest BCUT2D eigenvalue weighted by atomic mass is 10.2. The van der Waals surface area contributed by atoms with E-state index in [0.717, 1.165) is 17.9 Å². The molecule has 2 rings (SSSR count). The van der Waals surface area contributed by atoms with Gasteiger partial charge in [0.25, 0.3) is 0 Å². The lowest BCUT2D eigenvalue weighted by Crippen LogP contribution is -2.17. The van der Waals surface area contributed by atoms with Gasteiger partial charge in [0, 0.05) is 18.1 Å². The topological polar surface area (TPSA) is 56.7 Å². The number of nitrogens with two attached hydrogens (primary N) is 1. The Morgan fingerprint density at radius 2 is 2.50 bits per heavy atom. The molecule has 4 nitrogen and oxygen atoms in total. The minimum atomic E-state index is -0.163. The number of thiazole rings is 1. The molecule has 0 aliphatic rings. The molecular formula is C9H12N4S. The Labute approximate surface area is 86.4 Å². The first-order chi connectivity index (χ1) is 6.83. The van der Waals surface area contributed by atoms with Gasteiger partial charge in [0.15, 0.2) is 0 Å². The van der Waals surface area contributed by atoms with Crippen LogP contribution in [0.3, 0.4) is 0 Å². The van der Waals surface area contributed by atoms with E-state index >= 15 is 0 Å². The highest BCUT2D eigenvalue weighted by Gasteiger charge is 2.14. The van der Waals surface area contributed by atoms with E-state index in [0.29, 0.717) is 0 Å². The first kappa shape index (κ1) is 9.36. The first-order valence-electron chi connectivity index (χ1n) is 4.48. The third-order valence-corrected chi connectivity index (χ3v) is 2.74. The number of hydrogen-bond donors (Lipinski definition) is 1. The maximum absolute atomic E-state index is 6.06. The molecular weight excluding hydrogens is 196 g/mol. The van der Waals surface area contributed by atoms with E-state index in [-0.39, 0.29) is 6.04 Å². The van der Waals surface area contributed by atoms with Crippen LogP contribution in [0.5, 0.6) is 0 Å². The lowest BCUT2D eigenvalue weighted by molar-refractivity contribution is 0.597. The van der Waals surface area contributed by atoms with Crippen LogP contribution in [0, 0.1) is 0 Å². The molecule has 2 aromatic rings. The Kier molecular flexibility index (Phi) is 2.60. The van der Waals surface area contributed by atoms with E-state index in [9.17, 15) is 0 Å². The summed E-state index contributed by atoms with van der Waals surface area (Å²) < 4.78 is 1.89. The summed E-state index contributed by atoms with van der Waals surface area (Å²) in [7, 11) is 0. The van der Waals surface area contributed by atoms with Gasteiger partial charge in [-0.2, -0.15) is 5.10 Å². The summed E-state index contributed by atoms with van der Waals surface area (Å²) in [5, 5.41) is 6.15. The van der Waals surface area contributed by atoms with Crippen LogP contribution in [0.4, 0.5) is 0 Å². The molecule has 0 radical (unpaired) electrons. The number of rotatable bonds is 3. The predicted octanol–water partition coefficient (Wildman–Crippen LogP) is 1.41. The summed E-state index contributed by atoms with van der Waals surface area (Å²) in [6, 6.07) is 1.77. The van der Waals surface area contributed by atoms with Crippen LogP contribution in [0.1, 0.15) is 24.4 Å².